The van der Waals surface area contributed by atoms with Crippen molar-refractivity contribution in [2.75, 3.05) is 0 Å². The third-order valence-electron chi connectivity index (χ3n) is 11.1. The van der Waals surface area contributed by atoms with E-state index >= 15 is 0 Å². The number of nitrogens with one attached hydrogen (secondary N) is 1. The third-order valence-corrected chi connectivity index (χ3v) is 11.1. The predicted octanol–water partition coefficient (Wildman–Crippen LogP) is 14.2. The van der Waals surface area contributed by atoms with Crippen molar-refractivity contribution >= 4 is 97.9 Å². The lowest BCUT2D eigenvalue weighted by molar-refractivity contribution is 0.669. The van der Waals surface area contributed by atoms with Crippen molar-refractivity contribution < 1.29 is 4.42 Å². The van der Waals surface area contributed by atoms with E-state index in [1.54, 1.807) is 0 Å². The Morgan fingerprint density at radius 3 is 1.68 bits per heavy atom. The van der Waals surface area contributed by atoms with Crippen LogP contribution in [0.3, 0.4) is 0 Å². The van der Waals surface area contributed by atoms with Crippen LogP contribution >= 0.6 is 0 Å². The number of benzene rings is 10. The zero-order valence-corrected chi connectivity index (χ0v) is 28.8. The molecule has 0 amide bonds. The van der Waals surface area contributed by atoms with Gasteiger partial charge in [0.25, 0.3) is 0 Å². The average Bonchev–Trinajstić information content (AvgIpc) is 3.56. The second-order valence-electron chi connectivity index (χ2n) is 14.1. The predicted molar refractivity (Wildman–Crippen MR) is 227 cm³/mol. The molecule has 0 aliphatic heterocycles. The maximum absolute atomic E-state index is 9.12. The van der Waals surface area contributed by atoms with Crippen molar-refractivity contribution in [2.45, 2.75) is 0 Å². The fourth-order valence-corrected chi connectivity index (χ4v) is 8.68. The van der Waals surface area contributed by atoms with Crippen LogP contribution in [0.4, 0.5) is 0 Å². The summed E-state index contributed by atoms with van der Waals surface area (Å²) in [6.07, 6.45) is 3.87. The SMILES string of the molecule is C=C(/C=C\C(=N)c1ccc2oc3cc4ccccc4cc3c2c1)c1c2ccccc2c(-c2cc3ccc4cccc5ccc(c2)c3c45)c2ccccc12. The van der Waals surface area contributed by atoms with Crippen molar-refractivity contribution in [1.29, 1.82) is 5.41 Å². The van der Waals surface area contributed by atoms with Crippen molar-refractivity contribution in [3.63, 3.8) is 0 Å². The van der Waals surface area contributed by atoms with Gasteiger partial charge in [-0.25, -0.2) is 0 Å². The quantitative estimate of drug-likeness (QED) is 0.0839. The van der Waals surface area contributed by atoms with Crippen LogP contribution in [0.5, 0.6) is 0 Å². The number of rotatable bonds is 5. The molecule has 0 aliphatic rings. The second kappa shape index (κ2) is 11.2. The number of fused-ring (bicyclic) bond motifs is 6. The molecule has 0 fully saturated rings. The maximum Gasteiger partial charge on any atom is 0.136 e. The van der Waals surface area contributed by atoms with Crippen molar-refractivity contribution in [2.24, 2.45) is 0 Å². The zero-order chi connectivity index (χ0) is 35.2. The van der Waals surface area contributed by atoms with Crippen LogP contribution in [0, 0.1) is 5.41 Å². The molecule has 2 nitrogen and oxygen atoms in total. The Hall–Kier alpha value is -7.03. The van der Waals surface area contributed by atoms with Crippen molar-refractivity contribution in [1.82, 2.24) is 0 Å². The van der Waals surface area contributed by atoms with Gasteiger partial charge in [-0.15, -0.1) is 0 Å². The van der Waals surface area contributed by atoms with Crippen LogP contribution in [0.1, 0.15) is 11.1 Å². The molecule has 11 rings (SSSR count). The zero-order valence-electron chi connectivity index (χ0n) is 28.8. The van der Waals surface area contributed by atoms with E-state index in [9.17, 15) is 0 Å². The number of hydrogen-bond acceptors (Lipinski definition) is 2. The smallest absolute Gasteiger partial charge is 0.136 e. The van der Waals surface area contributed by atoms with Gasteiger partial charge in [-0.3, -0.25) is 0 Å². The number of hydrogen-bond donors (Lipinski definition) is 1. The molecule has 2 heteroatoms. The summed E-state index contributed by atoms with van der Waals surface area (Å²) in [5.74, 6) is 0. The summed E-state index contributed by atoms with van der Waals surface area (Å²) >= 11 is 0. The summed E-state index contributed by atoms with van der Waals surface area (Å²) in [4.78, 5) is 0. The van der Waals surface area contributed by atoms with Gasteiger partial charge in [0.1, 0.15) is 11.2 Å². The molecular weight excluding hydrogens is 643 g/mol. The molecule has 0 aliphatic carbocycles. The van der Waals surface area contributed by atoms with Crippen LogP contribution in [-0.4, -0.2) is 5.71 Å². The van der Waals surface area contributed by atoms with Gasteiger partial charge in [-0.2, -0.15) is 0 Å². The summed E-state index contributed by atoms with van der Waals surface area (Å²) in [6, 6.07) is 56.3. The Bertz CT molecular complexity index is 3260. The Kier molecular flexibility index (Phi) is 6.29. The first kappa shape index (κ1) is 29.7. The van der Waals surface area contributed by atoms with Crippen LogP contribution in [0.2, 0.25) is 0 Å². The van der Waals surface area contributed by atoms with E-state index in [0.717, 1.165) is 54.8 Å². The Labute approximate surface area is 305 Å². The molecule has 0 atom stereocenters. The van der Waals surface area contributed by atoms with Crippen molar-refractivity contribution in [3.8, 4) is 11.1 Å². The fraction of sp³-hybridized carbons (Fsp3) is 0. The molecule has 246 valence electrons. The summed E-state index contributed by atoms with van der Waals surface area (Å²) < 4.78 is 6.22. The third kappa shape index (κ3) is 4.49. The van der Waals surface area contributed by atoms with E-state index in [1.807, 2.05) is 30.4 Å². The molecule has 10 aromatic carbocycles. The number of allylic oxidation sites excluding steroid dienone is 3. The highest BCUT2D eigenvalue weighted by Gasteiger charge is 2.18. The first-order chi connectivity index (χ1) is 26.1. The summed E-state index contributed by atoms with van der Waals surface area (Å²) in [5, 5.41) is 25.9. The van der Waals surface area contributed by atoms with Gasteiger partial charge in [0.05, 0.1) is 5.71 Å². The van der Waals surface area contributed by atoms with Gasteiger partial charge in [0.2, 0.25) is 0 Å². The van der Waals surface area contributed by atoms with Crippen LogP contribution in [-0.2, 0) is 0 Å². The van der Waals surface area contributed by atoms with E-state index in [4.69, 9.17) is 9.83 Å². The van der Waals surface area contributed by atoms with E-state index in [-0.39, 0.29) is 0 Å². The molecule has 0 bridgehead atoms. The molecular formula is C51H31NO. The lowest BCUT2D eigenvalue weighted by Crippen LogP contribution is -1.95. The highest BCUT2D eigenvalue weighted by Crippen LogP contribution is 2.44. The van der Waals surface area contributed by atoms with E-state index in [2.05, 4.69) is 146 Å². The Morgan fingerprint density at radius 1 is 0.453 bits per heavy atom. The molecule has 53 heavy (non-hydrogen) atoms. The molecule has 1 N–H and O–H groups in total. The van der Waals surface area contributed by atoms with Crippen LogP contribution in [0.15, 0.2) is 181 Å². The monoisotopic (exact) mass is 673 g/mol. The minimum absolute atomic E-state index is 0.419. The molecule has 0 radical (unpaired) electrons. The van der Waals surface area contributed by atoms with Gasteiger partial charge in [0, 0.05) is 16.3 Å². The molecule has 1 heterocycles. The topological polar surface area (TPSA) is 37.0 Å². The van der Waals surface area contributed by atoms with Crippen LogP contribution in [0.25, 0.3) is 103 Å². The maximum atomic E-state index is 9.12. The van der Waals surface area contributed by atoms with Gasteiger partial charge < -0.3 is 9.83 Å². The fourth-order valence-electron chi connectivity index (χ4n) is 8.68. The summed E-state index contributed by atoms with van der Waals surface area (Å²) in [5.41, 5.74) is 7.31. The van der Waals surface area contributed by atoms with Gasteiger partial charge in [0.15, 0.2) is 0 Å². The first-order valence-electron chi connectivity index (χ1n) is 18.0. The molecule has 0 unspecified atom stereocenters. The minimum atomic E-state index is 0.419. The summed E-state index contributed by atoms with van der Waals surface area (Å²) in [6.45, 7) is 4.60. The van der Waals surface area contributed by atoms with Gasteiger partial charge in [-0.05, 0) is 135 Å². The lowest BCUT2D eigenvalue weighted by Gasteiger charge is -2.19. The standard InChI is InChI=1S/C51H31NO/c1-30(17-23-45(52)35-22-24-46-43(28-35)44-27-33-9-2-3-10-34(33)29-47(44)53-46)48-39-13-4-6-15-41(39)51(42-16-7-5-14-40(42)48)38-25-36-20-18-31-11-8-12-32-19-21-37(26-38)50(36)49(31)32/h2-29,52H,1H2/b23-17-,52-45?. The molecule has 11 aromatic rings. The molecule has 0 saturated heterocycles. The largest absolute Gasteiger partial charge is 0.456 e. The number of furan rings is 1. The Morgan fingerprint density at radius 2 is 1.00 bits per heavy atom. The van der Waals surface area contributed by atoms with Gasteiger partial charge >= 0.3 is 0 Å². The highest BCUT2D eigenvalue weighted by atomic mass is 16.3. The van der Waals surface area contributed by atoms with E-state index < -0.39 is 0 Å². The van der Waals surface area contributed by atoms with Gasteiger partial charge in [-0.1, -0.05) is 128 Å². The van der Waals surface area contributed by atoms with E-state index in [0.29, 0.717) is 5.71 Å². The average molecular weight is 674 g/mol. The first-order valence-corrected chi connectivity index (χ1v) is 18.0. The summed E-state index contributed by atoms with van der Waals surface area (Å²) in [7, 11) is 0. The minimum Gasteiger partial charge on any atom is -0.456 e. The normalized spacial score (nSPS) is 12.2. The van der Waals surface area contributed by atoms with E-state index in [1.165, 1.54) is 59.6 Å². The highest BCUT2D eigenvalue weighted by molar-refractivity contribution is 6.26. The van der Waals surface area contributed by atoms with Crippen molar-refractivity contribution in [3.05, 3.63) is 188 Å². The molecule has 0 saturated carbocycles. The van der Waals surface area contributed by atoms with Crippen LogP contribution < -0.4 is 0 Å². The molecule has 0 spiro atoms. The Balaban J connectivity index is 1.02. The molecule has 1 aromatic heterocycles. The lowest BCUT2D eigenvalue weighted by atomic mass is 9.84. The second-order valence-corrected chi connectivity index (χ2v) is 14.1.